The number of sulfonamides is 1. The molecule has 2 aliphatic heterocycles. The zero-order valence-corrected chi connectivity index (χ0v) is 14.1. The molecular formula is C13H23F2N3O3S. The van der Waals surface area contributed by atoms with Gasteiger partial charge >= 0.3 is 0 Å². The van der Waals surface area contributed by atoms with Crippen LogP contribution in [0.4, 0.5) is 8.78 Å². The van der Waals surface area contributed by atoms with E-state index in [0.717, 1.165) is 4.31 Å². The van der Waals surface area contributed by atoms with E-state index in [9.17, 15) is 22.0 Å². The molecule has 0 saturated carbocycles. The van der Waals surface area contributed by atoms with E-state index in [-0.39, 0.29) is 19.0 Å². The van der Waals surface area contributed by atoms with Crippen molar-refractivity contribution in [2.24, 2.45) is 5.41 Å². The fraction of sp³-hybridized carbons (Fsp3) is 0.923. The number of likely N-dealkylation sites (N-methyl/N-ethyl adjacent to an activating group) is 1. The average Bonchev–Trinajstić information content (AvgIpc) is 2.61. The highest BCUT2D eigenvalue weighted by molar-refractivity contribution is 7.89. The van der Waals surface area contributed by atoms with Crippen LogP contribution >= 0.6 is 0 Å². The minimum absolute atomic E-state index is 0.0193. The predicted molar refractivity (Wildman–Crippen MR) is 77.9 cm³/mol. The number of halogens is 2. The van der Waals surface area contributed by atoms with E-state index in [2.05, 4.69) is 5.32 Å². The SMILES string of the molecule is CCC(F)(F)C(C)(C)CS(=O)(=O)N1CC2(C1)C(=O)NCN2C. The highest BCUT2D eigenvalue weighted by atomic mass is 32.2. The number of hydrogen-bond acceptors (Lipinski definition) is 4. The van der Waals surface area contributed by atoms with Crippen molar-refractivity contribution in [3.8, 4) is 0 Å². The van der Waals surface area contributed by atoms with Crippen LogP contribution in [0.1, 0.15) is 27.2 Å². The summed E-state index contributed by atoms with van der Waals surface area (Å²) in [5, 5.41) is 2.66. The Morgan fingerprint density at radius 2 is 1.86 bits per heavy atom. The molecule has 2 heterocycles. The first-order chi connectivity index (χ1) is 9.88. The monoisotopic (exact) mass is 339 g/mol. The molecule has 1 N–H and O–H groups in total. The van der Waals surface area contributed by atoms with E-state index in [4.69, 9.17) is 0 Å². The van der Waals surface area contributed by atoms with Gasteiger partial charge in [-0.25, -0.2) is 17.2 Å². The van der Waals surface area contributed by atoms with Gasteiger partial charge in [0.1, 0.15) is 5.54 Å². The average molecular weight is 339 g/mol. The molecule has 0 aromatic heterocycles. The van der Waals surface area contributed by atoms with Crippen LogP contribution in [0, 0.1) is 5.41 Å². The van der Waals surface area contributed by atoms with Crippen molar-refractivity contribution in [2.75, 3.05) is 32.6 Å². The predicted octanol–water partition coefficient (Wildman–Crippen LogP) is 0.461. The van der Waals surface area contributed by atoms with Gasteiger partial charge in [-0.2, -0.15) is 4.31 Å². The van der Waals surface area contributed by atoms with Crippen molar-refractivity contribution in [1.29, 1.82) is 0 Å². The number of amides is 1. The molecule has 128 valence electrons. The Labute approximate surface area is 129 Å². The van der Waals surface area contributed by atoms with E-state index in [1.807, 2.05) is 0 Å². The van der Waals surface area contributed by atoms with E-state index >= 15 is 0 Å². The van der Waals surface area contributed by atoms with E-state index < -0.39 is 39.1 Å². The lowest BCUT2D eigenvalue weighted by Gasteiger charge is -2.49. The quantitative estimate of drug-likeness (QED) is 0.790. The first-order valence-corrected chi connectivity index (χ1v) is 8.84. The van der Waals surface area contributed by atoms with Gasteiger partial charge in [-0.1, -0.05) is 20.8 Å². The Balaban J connectivity index is 2.10. The largest absolute Gasteiger partial charge is 0.342 e. The molecule has 2 rings (SSSR count). The molecule has 0 aliphatic carbocycles. The summed E-state index contributed by atoms with van der Waals surface area (Å²) in [7, 11) is -2.10. The lowest BCUT2D eigenvalue weighted by Crippen LogP contribution is -2.72. The van der Waals surface area contributed by atoms with Crippen molar-refractivity contribution in [3.05, 3.63) is 0 Å². The topological polar surface area (TPSA) is 69.7 Å². The maximum atomic E-state index is 13.9. The third kappa shape index (κ3) is 2.52. The Bertz CT molecular complexity index is 571. The second-order valence-corrected chi connectivity index (χ2v) is 8.83. The van der Waals surface area contributed by atoms with E-state index in [1.165, 1.54) is 20.8 Å². The Kier molecular flexibility index (Phi) is 4.07. The van der Waals surface area contributed by atoms with Crippen molar-refractivity contribution in [1.82, 2.24) is 14.5 Å². The molecule has 1 amide bonds. The molecule has 0 aromatic carbocycles. The molecule has 2 saturated heterocycles. The van der Waals surface area contributed by atoms with Crippen LogP contribution in [-0.2, 0) is 14.8 Å². The van der Waals surface area contributed by atoms with Crippen molar-refractivity contribution >= 4 is 15.9 Å². The minimum atomic E-state index is -3.84. The highest BCUT2D eigenvalue weighted by Gasteiger charge is 2.59. The highest BCUT2D eigenvalue weighted by Crippen LogP contribution is 2.41. The smallest absolute Gasteiger partial charge is 0.253 e. The summed E-state index contributed by atoms with van der Waals surface area (Å²) >= 11 is 0. The van der Waals surface area contributed by atoms with Crippen molar-refractivity contribution in [3.63, 3.8) is 0 Å². The first kappa shape index (κ1) is 17.6. The van der Waals surface area contributed by atoms with Gasteiger partial charge in [0.15, 0.2) is 0 Å². The third-order valence-corrected chi connectivity index (χ3v) is 7.01. The van der Waals surface area contributed by atoms with E-state index in [0.29, 0.717) is 6.67 Å². The summed E-state index contributed by atoms with van der Waals surface area (Å²) in [4.78, 5) is 13.6. The van der Waals surface area contributed by atoms with Gasteiger partial charge in [0, 0.05) is 24.9 Å². The lowest BCUT2D eigenvalue weighted by molar-refractivity contribution is -0.131. The first-order valence-electron chi connectivity index (χ1n) is 7.23. The van der Waals surface area contributed by atoms with Gasteiger partial charge in [-0.3, -0.25) is 9.69 Å². The summed E-state index contributed by atoms with van der Waals surface area (Å²) in [5.41, 5.74) is -2.50. The molecule has 0 bridgehead atoms. The fourth-order valence-electron chi connectivity index (χ4n) is 2.93. The Hall–Kier alpha value is -0.800. The van der Waals surface area contributed by atoms with Gasteiger partial charge in [0.25, 0.3) is 5.92 Å². The number of carbonyl (C=O) groups excluding carboxylic acids is 1. The number of nitrogens with zero attached hydrogens (tertiary/aromatic N) is 2. The van der Waals surface area contributed by atoms with Crippen LogP contribution in [0.15, 0.2) is 0 Å². The Morgan fingerprint density at radius 3 is 2.27 bits per heavy atom. The number of hydrogen-bond donors (Lipinski definition) is 1. The fourth-order valence-corrected chi connectivity index (χ4v) is 5.06. The molecule has 2 aliphatic rings. The van der Waals surface area contributed by atoms with Crippen LogP contribution in [0.25, 0.3) is 0 Å². The number of alkyl halides is 2. The second-order valence-electron chi connectivity index (χ2n) is 6.86. The number of carbonyl (C=O) groups is 1. The van der Waals surface area contributed by atoms with Crippen LogP contribution in [0.2, 0.25) is 0 Å². The normalized spacial score (nSPS) is 23.6. The van der Waals surface area contributed by atoms with Crippen LogP contribution in [0.5, 0.6) is 0 Å². The summed E-state index contributed by atoms with van der Waals surface area (Å²) < 4.78 is 53.7. The molecule has 1 spiro atoms. The minimum Gasteiger partial charge on any atom is -0.342 e. The van der Waals surface area contributed by atoms with Crippen molar-refractivity contribution in [2.45, 2.75) is 38.7 Å². The standard InChI is InChI=1S/C13H23F2N3O3S/c1-5-13(14,15)11(2,3)8-22(20,21)18-6-12(7-18)10(19)16-9-17(12)4/h5-9H2,1-4H3,(H,16,19). The summed E-state index contributed by atoms with van der Waals surface area (Å²) in [6.45, 7) is 4.27. The lowest BCUT2D eigenvalue weighted by atomic mass is 9.86. The molecular weight excluding hydrogens is 316 g/mol. The molecule has 0 radical (unpaired) electrons. The molecule has 0 unspecified atom stereocenters. The van der Waals surface area contributed by atoms with Crippen LogP contribution in [0.3, 0.4) is 0 Å². The van der Waals surface area contributed by atoms with Gasteiger partial charge in [0.05, 0.1) is 12.4 Å². The maximum Gasteiger partial charge on any atom is 0.253 e. The van der Waals surface area contributed by atoms with Crippen LogP contribution in [-0.4, -0.2) is 67.6 Å². The van der Waals surface area contributed by atoms with Gasteiger partial charge in [0.2, 0.25) is 15.9 Å². The summed E-state index contributed by atoms with van der Waals surface area (Å²) in [6, 6.07) is 0. The molecule has 9 heteroatoms. The number of nitrogens with one attached hydrogen (secondary N) is 1. The maximum absolute atomic E-state index is 13.9. The molecule has 22 heavy (non-hydrogen) atoms. The van der Waals surface area contributed by atoms with Gasteiger partial charge in [-0.15, -0.1) is 0 Å². The molecule has 2 fully saturated rings. The van der Waals surface area contributed by atoms with Crippen LogP contribution < -0.4 is 5.32 Å². The molecule has 6 nitrogen and oxygen atoms in total. The summed E-state index contributed by atoms with van der Waals surface area (Å²) in [5.74, 6) is -3.91. The zero-order valence-electron chi connectivity index (χ0n) is 13.3. The summed E-state index contributed by atoms with van der Waals surface area (Å²) in [6.07, 6.45) is -0.412. The Morgan fingerprint density at radius 1 is 1.32 bits per heavy atom. The number of rotatable bonds is 5. The second kappa shape index (κ2) is 5.10. The van der Waals surface area contributed by atoms with Crippen molar-refractivity contribution < 1.29 is 22.0 Å². The molecule has 0 atom stereocenters. The van der Waals surface area contributed by atoms with Gasteiger partial charge in [-0.05, 0) is 7.05 Å². The van der Waals surface area contributed by atoms with Gasteiger partial charge < -0.3 is 5.32 Å². The zero-order chi connectivity index (χ0) is 17.0. The van der Waals surface area contributed by atoms with E-state index in [1.54, 1.807) is 11.9 Å². The molecule has 0 aromatic rings. The third-order valence-electron chi connectivity index (χ3n) is 4.88.